The molecule has 0 aromatic heterocycles. The fourth-order valence-corrected chi connectivity index (χ4v) is 3.25. The number of ether oxygens (including phenoxy) is 5. The van der Waals surface area contributed by atoms with Gasteiger partial charge in [-0.15, -0.1) is 11.6 Å². The van der Waals surface area contributed by atoms with Crippen LogP contribution in [0.15, 0.2) is 0 Å². The van der Waals surface area contributed by atoms with Crippen molar-refractivity contribution in [2.24, 2.45) is 0 Å². The van der Waals surface area contributed by atoms with Gasteiger partial charge in [-0.3, -0.25) is 14.4 Å². The summed E-state index contributed by atoms with van der Waals surface area (Å²) >= 11 is 9.05. The van der Waals surface area contributed by atoms with Crippen LogP contribution in [0.25, 0.3) is 0 Å². The molecule has 1 rings (SSSR count). The molecule has 1 aliphatic heterocycles. The normalized spacial score (nSPS) is 30.5. The molecule has 14 heteroatoms. The largest absolute Gasteiger partial charge is 0.462 e. The number of aliphatic hydroxyl groups excluding tert-OH is 4. The van der Waals surface area contributed by atoms with Crippen LogP contribution in [0, 0.1) is 0 Å². The Morgan fingerprint density at radius 3 is 2.23 bits per heavy atom. The third-order valence-corrected chi connectivity index (χ3v) is 4.83. The summed E-state index contributed by atoms with van der Waals surface area (Å²) in [6, 6.07) is 0. The molecule has 0 aromatic carbocycles. The van der Waals surface area contributed by atoms with Gasteiger partial charge in [-0.25, -0.2) is 0 Å². The Labute approximate surface area is 185 Å². The van der Waals surface area contributed by atoms with Gasteiger partial charge in [0.15, 0.2) is 18.5 Å². The third-order valence-electron chi connectivity index (χ3n) is 4.06. The fourth-order valence-electron chi connectivity index (χ4n) is 2.65. The molecule has 0 aliphatic carbocycles. The van der Waals surface area contributed by atoms with Crippen molar-refractivity contribution in [2.75, 3.05) is 13.2 Å². The third kappa shape index (κ3) is 7.57. The van der Waals surface area contributed by atoms with Crippen LogP contribution in [0.2, 0.25) is 0 Å². The van der Waals surface area contributed by atoms with Crippen molar-refractivity contribution >= 4 is 45.9 Å². The van der Waals surface area contributed by atoms with Crippen LogP contribution in [0.1, 0.15) is 13.8 Å². The van der Waals surface area contributed by atoms with E-state index in [1.54, 1.807) is 0 Å². The summed E-state index contributed by atoms with van der Waals surface area (Å²) in [7, 11) is 0. The zero-order valence-corrected chi connectivity index (χ0v) is 18.3. The molecule has 9 atom stereocenters. The van der Waals surface area contributed by atoms with Gasteiger partial charge in [0.1, 0.15) is 41.4 Å². The molecule has 4 N–H and O–H groups in total. The topological polar surface area (TPSA) is 178 Å². The minimum atomic E-state index is -1.81. The SMILES string of the molecule is CC(=O)OC[C@@H](OC=O)[C@@H](O[C@@H]1O[C@H](CO)[C@H](O)[C@H](O)[C@H]1O)[C@H](OC(C)=O)C(Cl)Br. The first-order valence-electron chi connectivity index (χ1n) is 8.67. The number of halogens is 2. The Morgan fingerprint density at radius 2 is 1.77 bits per heavy atom. The van der Waals surface area contributed by atoms with Crippen molar-refractivity contribution in [1.29, 1.82) is 0 Å². The second-order valence-corrected chi connectivity index (χ2v) is 8.26. The van der Waals surface area contributed by atoms with Gasteiger partial charge in [0.25, 0.3) is 6.47 Å². The zero-order valence-electron chi connectivity index (χ0n) is 16.0. The first kappa shape index (κ1) is 27.0. The van der Waals surface area contributed by atoms with Gasteiger partial charge in [0, 0.05) is 13.8 Å². The second kappa shape index (κ2) is 12.7. The molecule has 0 bridgehead atoms. The van der Waals surface area contributed by atoms with Crippen molar-refractivity contribution in [3.8, 4) is 0 Å². The molecule has 1 saturated heterocycles. The highest BCUT2D eigenvalue weighted by Crippen LogP contribution is 2.29. The Hall–Kier alpha value is -1.06. The van der Waals surface area contributed by atoms with Crippen LogP contribution >= 0.6 is 27.5 Å². The molecule has 1 unspecified atom stereocenters. The highest BCUT2D eigenvalue weighted by Gasteiger charge is 2.48. The average molecular weight is 524 g/mol. The fraction of sp³-hybridized carbons (Fsp3) is 0.812. The molecule has 30 heavy (non-hydrogen) atoms. The predicted octanol–water partition coefficient (Wildman–Crippen LogP) is -1.83. The summed E-state index contributed by atoms with van der Waals surface area (Å²) in [6.45, 7) is 0.946. The number of carbonyl (C=O) groups is 3. The highest BCUT2D eigenvalue weighted by atomic mass is 79.9. The molecule has 0 amide bonds. The van der Waals surface area contributed by atoms with E-state index < -0.39 is 78.5 Å². The lowest BCUT2D eigenvalue weighted by Crippen LogP contribution is -2.61. The van der Waals surface area contributed by atoms with Gasteiger partial charge in [-0.05, 0) is 0 Å². The van der Waals surface area contributed by atoms with Crippen LogP contribution < -0.4 is 0 Å². The molecule has 0 spiro atoms. The first-order chi connectivity index (χ1) is 14.0. The van der Waals surface area contributed by atoms with E-state index in [0.717, 1.165) is 13.8 Å². The Balaban J connectivity index is 3.23. The maximum atomic E-state index is 11.5. The van der Waals surface area contributed by atoms with E-state index in [-0.39, 0.29) is 6.47 Å². The van der Waals surface area contributed by atoms with E-state index in [1.807, 2.05) is 0 Å². The Kier molecular flexibility index (Phi) is 11.4. The number of carbonyl (C=O) groups excluding carboxylic acids is 3. The Bertz CT molecular complexity index is 576. The van der Waals surface area contributed by atoms with E-state index in [1.165, 1.54) is 0 Å². The summed E-state index contributed by atoms with van der Waals surface area (Å²) in [5.74, 6) is -1.50. The second-order valence-electron chi connectivity index (χ2n) is 6.28. The molecule has 1 fully saturated rings. The molecule has 12 nitrogen and oxygen atoms in total. The number of hydrogen-bond acceptors (Lipinski definition) is 12. The van der Waals surface area contributed by atoms with Crippen LogP contribution in [0.3, 0.4) is 0 Å². The van der Waals surface area contributed by atoms with Crippen LogP contribution in [-0.4, -0.2) is 105 Å². The number of alkyl halides is 2. The number of rotatable bonds is 11. The lowest BCUT2D eigenvalue weighted by molar-refractivity contribution is -0.324. The minimum Gasteiger partial charge on any atom is -0.462 e. The Morgan fingerprint density at radius 1 is 1.13 bits per heavy atom. The van der Waals surface area contributed by atoms with Gasteiger partial charge < -0.3 is 44.1 Å². The average Bonchev–Trinajstić information content (AvgIpc) is 2.67. The number of esters is 2. The van der Waals surface area contributed by atoms with Crippen LogP contribution in [-0.2, 0) is 38.1 Å². The van der Waals surface area contributed by atoms with Crippen molar-refractivity contribution in [3.63, 3.8) is 0 Å². The van der Waals surface area contributed by atoms with Crippen molar-refractivity contribution in [2.45, 2.75) is 67.2 Å². The maximum absolute atomic E-state index is 11.5. The van der Waals surface area contributed by atoms with Gasteiger partial charge in [-0.1, -0.05) is 15.9 Å². The predicted molar refractivity (Wildman–Crippen MR) is 100 cm³/mol. The minimum absolute atomic E-state index is 0.0279. The highest BCUT2D eigenvalue weighted by molar-refractivity contribution is 9.10. The standard InChI is InChI=1S/C16H24BrClO12/c1-6(21)26-4-9(27-5-20)13(14(15(17)18)28-7(2)22)30-16-12(25)11(24)10(23)8(3-19)29-16/h5,8-16,19,23-25H,3-4H2,1-2H3/t8-,9-,10+,11+,12-,13-,14+,15?,16+/m1/s1. The van der Waals surface area contributed by atoms with Crippen LogP contribution in [0.5, 0.6) is 0 Å². The van der Waals surface area contributed by atoms with E-state index in [9.17, 15) is 34.8 Å². The quantitative estimate of drug-likeness (QED) is 0.103. The molecular weight excluding hydrogens is 500 g/mol. The number of aliphatic hydroxyl groups is 4. The molecule has 0 saturated carbocycles. The van der Waals surface area contributed by atoms with E-state index in [4.69, 9.17) is 35.3 Å². The van der Waals surface area contributed by atoms with E-state index in [0.29, 0.717) is 0 Å². The molecule has 1 aliphatic rings. The lowest BCUT2D eigenvalue weighted by Gasteiger charge is -2.42. The first-order valence-corrected chi connectivity index (χ1v) is 10.0. The summed E-state index contributed by atoms with van der Waals surface area (Å²) in [6.07, 6.45) is -12.4. The van der Waals surface area contributed by atoms with Crippen molar-refractivity contribution in [3.05, 3.63) is 0 Å². The zero-order chi connectivity index (χ0) is 23.0. The molecule has 1 heterocycles. The molecular formula is C16H24BrClO12. The maximum Gasteiger partial charge on any atom is 0.303 e. The summed E-state index contributed by atoms with van der Waals surface area (Å²) in [4.78, 5) is 33.7. The van der Waals surface area contributed by atoms with Crippen molar-refractivity contribution in [1.82, 2.24) is 0 Å². The molecule has 0 aromatic rings. The van der Waals surface area contributed by atoms with Gasteiger partial charge >= 0.3 is 11.9 Å². The monoisotopic (exact) mass is 522 g/mol. The van der Waals surface area contributed by atoms with E-state index >= 15 is 0 Å². The summed E-state index contributed by atoms with van der Waals surface area (Å²) in [5, 5.41) is 39.4. The van der Waals surface area contributed by atoms with Gasteiger partial charge in [-0.2, -0.15) is 0 Å². The summed E-state index contributed by atoms with van der Waals surface area (Å²) < 4.78 is 24.6. The van der Waals surface area contributed by atoms with Gasteiger partial charge in [0.05, 0.1) is 6.61 Å². The van der Waals surface area contributed by atoms with Crippen LogP contribution in [0.4, 0.5) is 0 Å². The lowest BCUT2D eigenvalue weighted by atomic mass is 9.99. The summed E-state index contributed by atoms with van der Waals surface area (Å²) in [5.41, 5.74) is 0. The molecule has 174 valence electrons. The molecule has 0 radical (unpaired) electrons. The smallest absolute Gasteiger partial charge is 0.303 e. The van der Waals surface area contributed by atoms with Gasteiger partial charge in [0.2, 0.25) is 0 Å². The van der Waals surface area contributed by atoms with E-state index in [2.05, 4.69) is 15.9 Å². The number of hydrogen-bond donors (Lipinski definition) is 4. The van der Waals surface area contributed by atoms with Crippen molar-refractivity contribution < 1.29 is 58.5 Å².